The minimum absolute atomic E-state index is 0.204. The van der Waals surface area contributed by atoms with Crippen LogP contribution < -0.4 is 5.73 Å². The van der Waals surface area contributed by atoms with Gasteiger partial charge in [-0.15, -0.1) is 0 Å². The number of hydrogen-bond acceptors (Lipinski definition) is 4. The first kappa shape index (κ1) is 13.2. The summed E-state index contributed by atoms with van der Waals surface area (Å²) in [6, 6.07) is 10.4. The van der Waals surface area contributed by atoms with Crippen molar-refractivity contribution in [3.8, 4) is 11.3 Å². The van der Waals surface area contributed by atoms with E-state index in [-0.39, 0.29) is 5.41 Å². The smallest absolute Gasteiger partial charge is 0.141 e. The highest BCUT2D eigenvalue weighted by atomic mass is 16.5. The number of nitrogens with two attached hydrogens (primary N) is 1. The topological polar surface area (TPSA) is 61.0 Å². The highest BCUT2D eigenvalue weighted by Crippen LogP contribution is 2.30. The Kier molecular flexibility index (Phi) is 3.28. The first-order chi connectivity index (χ1) is 9.63. The second-order valence-electron chi connectivity index (χ2n) is 5.56. The Bertz CT molecular complexity index is 630. The lowest BCUT2D eigenvalue weighted by molar-refractivity contribution is -0.0594. The molecule has 1 aliphatic heterocycles. The van der Waals surface area contributed by atoms with E-state index in [4.69, 9.17) is 15.5 Å². The van der Waals surface area contributed by atoms with Crippen molar-refractivity contribution in [2.45, 2.75) is 19.3 Å². The summed E-state index contributed by atoms with van der Waals surface area (Å²) in [7, 11) is 0. The normalized spacial score (nSPS) is 16.8. The molecule has 104 valence electrons. The molecule has 0 amide bonds. The fourth-order valence-corrected chi connectivity index (χ4v) is 2.44. The third-order valence-electron chi connectivity index (χ3n) is 3.79. The van der Waals surface area contributed by atoms with Crippen LogP contribution in [0.15, 0.2) is 30.3 Å². The van der Waals surface area contributed by atoms with Crippen molar-refractivity contribution in [2.24, 2.45) is 5.73 Å². The first-order valence-corrected chi connectivity index (χ1v) is 6.84. The largest absolute Gasteiger partial charge is 0.379 e. The molecule has 0 bridgehead atoms. The Balaban J connectivity index is 2.07. The maximum absolute atomic E-state index is 5.90. The van der Waals surface area contributed by atoms with Crippen molar-refractivity contribution in [1.82, 2.24) is 9.97 Å². The lowest BCUT2D eigenvalue weighted by Gasteiger charge is -2.39. The molecule has 0 radical (unpaired) electrons. The van der Waals surface area contributed by atoms with E-state index in [0.717, 1.165) is 22.8 Å². The van der Waals surface area contributed by atoms with E-state index in [1.807, 2.05) is 19.1 Å². The molecule has 2 N–H and O–H groups in total. The van der Waals surface area contributed by atoms with Crippen LogP contribution >= 0.6 is 0 Å². The van der Waals surface area contributed by atoms with Crippen LogP contribution in [-0.4, -0.2) is 29.7 Å². The van der Waals surface area contributed by atoms with Gasteiger partial charge in [-0.3, -0.25) is 0 Å². The van der Waals surface area contributed by atoms with Crippen LogP contribution in [0, 0.1) is 13.8 Å². The minimum atomic E-state index is -0.204. The minimum Gasteiger partial charge on any atom is -0.379 e. The standard InChI is InChI=1S/C16H19N3O/c1-11-4-3-5-13(6-11)14-7-12(2)18-15(19-14)16(8-17)9-20-10-16/h3-7H,8-10,17H2,1-2H3. The van der Waals surface area contributed by atoms with Crippen molar-refractivity contribution in [3.63, 3.8) is 0 Å². The maximum Gasteiger partial charge on any atom is 0.141 e. The summed E-state index contributed by atoms with van der Waals surface area (Å²) in [4.78, 5) is 9.31. The van der Waals surface area contributed by atoms with E-state index in [1.54, 1.807) is 0 Å². The van der Waals surface area contributed by atoms with Gasteiger partial charge >= 0.3 is 0 Å². The lowest BCUT2D eigenvalue weighted by Crippen LogP contribution is -2.53. The van der Waals surface area contributed by atoms with Gasteiger partial charge in [0.25, 0.3) is 0 Å². The van der Waals surface area contributed by atoms with Gasteiger partial charge in [0.2, 0.25) is 0 Å². The van der Waals surface area contributed by atoms with E-state index in [0.29, 0.717) is 19.8 Å². The fraction of sp³-hybridized carbons (Fsp3) is 0.375. The van der Waals surface area contributed by atoms with Gasteiger partial charge in [0.05, 0.1) is 24.3 Å². The van der Waals surface area contributed by atoms with Crippen LogP contribution in [0.5, 0.6) is 0 Å². The van der Waals surface area contributed by atoms with Crippen LogP contribution in [0.4, 0.5) is 0 Å². The predicted octanol–water partition coefficient (Wildman–Crippen LogP) is 1.99. The van der Waals surface area contributed by atoms with Crippen molar-refractivity contribution >= 4 is 0 Å². The van der Waals surface area contributed by atoms with Gasteiger partial charge in [0.15, 0.2) is 0 Å². The Hall–Kier alpha value is -1.78. The number of benzene rings is 1. The summed E-state index contributed by atoms with van der Waals surface area (Å²) >= 11 is 0. The molecule has 20 heavy (non-hydrogen) atoms. The molecule has 1 aliphatic rings. The van der Waals surface area contributed by atoms with Crippen molar-refractivity contribution in [1.29, 1.82) is 0 Å². The zero-order valence-corrected chi connectivity index (χ0v) is 11.9. The molecule has 0 atom stereocenters. The van der Waals surface area contributed by atoms with Gasteiger partial charge < -0.3 is 10.5 Å². The van der Waals surface area contributed by atoms with Crippen LogP contribution in [0.25, 0.3) is 11.3 Å². The molecule has 1 aromatic heterocycles. The fourth-order valence-electron chi connectivity index (χ4n) is 2.44. The lowest BCUT2D eigenvalue weighted by atomic mass is 9.85. The Morgan fingerprint density at radius 1 is 1.20 bits per heavy atom. The monoisotopic (exact) mass is 269 g/mol. The highest BCUT2D eigenvalue weighted by Gasteiger charge is 2.42. The molecular weight excluding hydrogens is 250 g/mol. The summed E-state index contributed by atoms with van der Waals surface area (Å²) < 4.78 is 5.33. The van der Waals surface area contributed by atoms with Gasteiger partial charge in [-0.2, -0.15) is 0 Å². The quantitative estimate of drug-likeness (QED) is 0.925. The SMILES string of the molecule is Cc1cccc(-c2cc(C)nc(C3(CN)COC3)n2)c1. The number of hydrogen-bond donors (Lipinski definition) is 1. The highest BCUT2D eigenvalue weighted by molar-refractivity contribution is 5.60. The average Bonchev–Trinajstić information content (AvgIpc) is 2.37. The number of ether oxygens (including phenoxy) is 1. The third kappa shape index (κ3) is 2.21. The molecule has 1 fully saturated rings. The van der Waals surface area contributed by atoms with Gasteiger partial charge in [0.1, 0.15) is 5.82 Å². The molecule has 1 aromatic carbocycles. The van der Waals surface area contributed by atoms with E-state index >= 15 is 0 Å². The zero-order chi connectivity index (χ0) is 14.2. The summed E-state index contributed by atoms with van der Waals surface area (Å²) in [5.74, 6) is 0.808. The van der Waals surface area contributed by atoms with Crippen molar-refractivity contribution in [3.05, 3.63) is 47.4 Å². The average molecular weight is 269 g/mol. The molecule has 0 unspecified atom stereocenters. The predicted molar refractivity (Wildman–Crippen MR) is 78.5 cm³/mol. The molecule has 2 heterocycles. The number of aryl methyl sites for hydroxylation is 2. The summed E-state index contributed by atoms with van der Waals surface area (Å²) in [6.45, 7) is 5.82. The van der Waals surface area contributed by atoms with Gasteiger partial charge in [-0.25, -0.2) is 9.97 Å². The first-order valence-electron chi connectivity index (χ1n) is 6.84. The molecule has 4 heteroatoms. The number of nitrogens with zero attached hydrogens (tertiary/aromatic N) is 2. The summed E-state index contributed by atoms with van der Waals surface area (Å²) in [5.41, 5.74) is 9.96. The van der Waals surface area contributed by atoms with E-state index in [1.165, 1.54) is 5.56 Å². The van der Waals surface area contributed by atoms with Crippen molar-refractivity contribution < 1.29 is 4.74 Å². The molecule has 4 nitrogen and oxygen atoms in total. The van der Waals surface area contributed by atoms with Crippen LogP contribution in [0.3, 0.4) is 0 Å². The van der Waals surface area contributed by atoms with E-state index in [2.05, 4.69) is 30.1 Å². The van der Waals surface area contributed by atoms with Gasteiger partial charge in [-0.05, 0) is 26.0 Å². The Morgan fingerprint density at radius 2 is 2.00 bits per heavy atom. The van der Waals surface area contributed by atoms with Gasteiger partial charge in [-0.1, -0.05) is 23.8 Å². The Labute approximate surface area is 119 Å². The second kappa shape index (κ2) is 4.96. The summed E-state index contributed by atoms with van der Waals surface area (Å²) in [6.07, 6.45) is 0. The Morgan fingerprint density at radius 3 is 2.60 bits per heavy atom. The van der Waals surface area contributed by atoms with Crippen LogP contribution in [-0.2, 0) is 10.2 Å². The van der Waals surface area contributed by atoms with Crippen LogP contribution in [0.1, 0.15) is 17.1 Å². The molecular formula is C16H19N3O. The molecule has 0 spiro atoms. The molecule has 0 aliphatic carbocycles. The molecule has 3 rings (SSSR count). The number of aromatic nitrogens is 2. The summed E-state index contributed by atoms with van der Waals surface area (Å²) in [5, 5.41) is 0. The van der Waals surface area contributed by atoms with Crippen molar-refractivity contribution in [2.75, 3.05) is 19.8 Å². The molecule has 0 saturated carbocycles. The van der Waals surface area contributed by atoms with E-state index < -0.39 is 0 Å². The molecule has 2 aromatic rings. The third-order valence-corrected chi connectivity index (χ3v) is 3.79. The zero-order valence-electron chi connectivity index (χ0n) is 11.9. The maximum atomic E-state index is 5.90. The number of rotatable bonds is 3. The van der Waals surface area contributed by atoms with Crippen LogP contribution in [0.2, 0.25) is 0 Å². The second-order valence-corrected chi connectivity index (χ2v) is 5.56. The van der Waals surface area contributed by atoms with Gasteiger partial charge in [0, 0.05) is 17.8 Å². The van der Waals surface area contributed by atoms with E-state index in [9.17, 15) is 0 Å². The molecule has 1 saturated heterocycles.